The van der Waals surface area contributed by atoms with Crippen LogP contribution in [0.5, 0.6) is 0 Å². The molecule has 34 heavy (non-hydrogen) atoms. The van der Waals surface area contributed by atoms with Crippen LogP contribution in [0, 0.1) is 5.41 Å². The van der Waals surface area contributed by atoms with Gasteiger partial charge in [-0.25, -0.2) is 4.79 Å². The van der Waals surface area contributed by atoms with Crippen LogP contribution >= 0.6 is 0 Å². The summed E-state index contributed by atoms with van der Waals surface area (Å²) in [6.45, 7) is 0. The van der Waals surface area contributed by atoms with Gasteiger partial charge in [0.2, 0.25) is 11.8 Å². The van der Waals surface area contributed by atoms with Gasteiger partial charge in [-0.05, 0) is 62.5 Å². The van der Waals surface area contributed by atoms with E-state index in [9.17, 15) is 24.0 Å². The zero-order chi connectivity index (χ0) is 24.0. The number of rotatable bonds is 4. The molecule has 1 spiro atoms. The number of amides is 5. The van der Waals surface area contributed by atoms with E-state index >= 15 is 0 Å². The predicted octanol–water partition coefficient (Wildman–Crippen LogP) is 1.95. The van der Waals surface area contributed by atoms with Crippen LogP contribution in [0.3, 0.4) is 0 Å². The molecule has 2 aliphatic carbocycles. The number of carbonyl (C=O) groups is 5. The van der Waals surface area contributed by atoms with Crippen LogP contribution in [0.25, 0.3) is 0 Å². The molecule has 3 N–H and O–H groups in total. The summed E-state index contributed by atoms with van der Waals surface area (Å²) in [7, 11) is 1.55. The molecule has 2 saturated carbocycles. The summed E-state index contributed by atoms with van der Waals surface area (Å²) < 4.78 is 5.38. The number of alkyl carbamates (subject to hydrolysis) is 1. The lowest BCUT2D eigenvalue weighted by Crippen LogP contribution is -2.54. The molecule has 1 saturated heterocycles. The minimum Gasteiger partial charge on any atom is -0.446 e. The molecule has 0 aromatic heterocycles. The van der Waals surface area contributed by atoms with Crippen LogP contribution in [0.1, 0.15) is 72.1 Å². The number of ether oxygens (including phenoxy) is 1. The summed E-state index contributed by atoms with van der Waals surface area (Å²) in [6.07, 6.45) is 5.34. The molecule has 1 aromatic carbocycles. The molecule has 1 aromatic rings. The normalized spacial score (nSPS) is 30.5. The van der Waals surface area contributed by atoms with E-state index in [1.54, 1.807) is 25.2 Å². The van der Waals surface area contributed by atoms with Crippen molar-refractivity contribution in [3.63, 3.8) is 0 Å². The summed E-state index contributed by atoms with van der Waals surface area (Å²) in [5.74, 6) is -2.01. The third-order valence-corrected chi connectivity index (χ3v) is 7.66. The van der Waals surface area contributed by atoms with Crippen molar-refractivity contribution >= 4 is 35.4 Å². The lowest BCUT2D eigenvalue weighted by atomic mass is 9.58. The highest BCUT2D eigenvalue weighted by Gasteiger charge is 2.48. The molecule has 0 bridgehead atoms. The van der Waals surface area contributed by atoms with E-state index < -0.39 is 35.8 Å². The molecule has 1 atom stereocenters. The number of hydrogen-bond donors (Lipinski definition) is 3. The smallest absolute Gasteiger partial charge is 0.407 e. The lowest BCUT2D eigenvalue weighted by Gasteiger charge is -2.51. The average molecular weight is 469 g/mol. The third-order valence-electron chi connectivity index (χ3n) is 7.66. The fraction of sp³-hybridized carbons (Fsp3) is 0.542. The molecule has 2 heterocycles. The maximum Gasteiger partial charge on any atom is 0.407 e. The summed E-state index contributed by atoms with van der Waals surface area (Å²) >= 11 is 0. The maximum absolute atomic E-state index is 13.2. The van der Waals surface area contributed by atoms with Crippen LogP contribution in [-0.2, 0) is 14.3 Å². The number of anilines is 1. The first kappa shape index (κ1) is 22.4. The van der Waals surface area contributed by atoms with Gasteiger partial charge in [0.05, 0.1) is 11.1 Å². The summed E-state index contributed by atoms with van der Waals surface area (Å²) in [4.78, 5) is 62.5. The second-order valence-corrected chi connectivity index (χ2v) is 9.78. The molecular weight excluding hydrogens is 440 g/mol. The molecule has 1 unspecified atom stereocenters. The first-order valence-corrected chi connectivity index (χ1v) is 11.8. The van der Waals surface area contributed by atoms with Crippen molar-refractivity contribution in [2.24, 2.45) is 5.41 Å². The number of nitrogens with zero attached hydrogens (tertiary/aromatic N) is 1. The standard InChI is InChI=1S/C24H28N4O6/c1-25-23(33)34-14-7-9-24(10-8-14)11-13(12-24)26-16-4-2-3-15-19(16)22(32)28(21(15)31)17-5-6-18(29)27-20(17)30/h2-4,13-14,17,26H,5-12H2,1H3,(H,25,33)(H,27,29,30). The molecule has 10 heteroatoms. The highest BCUT2D eigenvalue weighted by Crippen LogP contribution is 2.53. The van der Waals surface area contributed by atoms with Gasteiger partial charge in [-0.15, -0.1) is 0 Å². The Hall–Kier alpha value is -3.43. The maximum atomic E-state index is 13.2. The monoisotopic (exact) mass is 468 g/mol. The van der Waals surface area contributed by atoms with Crippen LogP contribution in [-0.4, -0.2) is 59.9 Å². The first-order chi connectivity index (χ1) is 16.3. The van der Waals surface area contributed by atoms with E-state index in [-0.39, 0.29) is 36.0 Å². The highest BCUT2D eigenvalue weighted by molar-refractivity contribution is 6.25. The zero-order valence-electron chi connectivity index (χ0n) is 19.0. The van der Waals surface area contributed by atoms with Gasteiger partial charge >= 0.3 is 6.09 Å². The number of piperidine rings is 1. The Kier molecular flexibility index (Phi) is 5.53. The zero-order valence-corrected chi connectivity index (χ0v) is 19.0. The van der Waals surface area contributed by atoms with Crippen molar-refractivity contribution in [3.8, 4) is 0 Å². The molecule has 2 aliphatic heterocycles. The van der Waals surface area contributed by atoms with E-state index in [2.05, 4.69) is 16.0 Å². The second kappa shape index (κ2) is 8.41. The molecule has 5 amide bonds. The number of carbonyl (C=O) groups excluding carboxylic acids is 5. The Labute approximate surface area is 196 Å². The second-order valence-electron chi connectivity index (χ2n) is 9.78. The number of imide groups is 2. The van der Waals surface area contributed by atoms with Gasteiger partial charge < -0.3 is 15.4 Å². The Morgan fingerprint density at radius 1 is 1.09 bits per heavy atom. The van der Waals surface area contributed by atoms with E-state index in [0.29, 0.717) is 11.3 Å². The molecular formula is C24H28N4O6. The van der Waals surface area contributed by atoms with Gasteiger partial charge in [0, 0.05) is 25.2 Å². The van der Waals surface area contributed by atoms with Gasteiger partial charge in [0.1, 0.15) is 12.1 Å². The average Bonchev–Trinajstić information content (AvgIpc) is 3.05. The van der Waals surface area contributed by atoms with Crippen LogP contribution in [0.15, 0.2) is 18.2 Å². The van der Waals surface area contributed by atoms with Gasteiger partial charge in [0.25, 0.3) is 11.8 Å². The van der Waals surface area contributed by atoms with E-state index in [1.807, 2.05) is 0 Å². The number of hydrogen-bond acceptors (Lipinski definition) is 7. The summed E-state index contributed by atoms with van der Waals surface area (Å²) in [5, 5.41) is 8.15. The minimum absolute atomic E-state index is 0.0446. The van der Waals surface area contributed by atoms with Gasteiger partial charge in [0.15, 0.2) is 0 Å². The quantitative estimate of drug-likeness (QED) is 0.575. The lowest BCUT2D eigenvalue weighted by molar-refractivity contribution is -0.136. The Morgan fingerprint density at radius 3 is 2.50 bits per heavy atom. The van der Waals surface area contributed by atoms with Crippen molar-refractivity contribution in [1.29, 1.82) is 0 Å². The first-order valence-electron chi connectivity index (χ1n) is 11.8. The fourth-order valence-electron chi connectivity index (χ4n) is 5.88. The molecule has 180 valence electrons. The van der Waals surface area contributed by atoms with Crippen molar-refractivity contribution in [3.05, 3.63) is 29.3 Å². The molecule has 10 nitrogen and oxygen atoms in total. The van der Waals surface area contributed by atoms with Crippen LogP contribution < -0.4 is 16.0 Å². The van der Waals surface area contributed by atoms with Gasteiger partial charge in [-0.3, -0.25) is 29.4 Å². The molecule has 0 radical (unpaired) electrons. The minimum atomic E-state index is -0.975. The fourth-order valence-corrected chi connectivity index (χ4v) is 5.88. The summed E-state index contributed by atoms with van der Waals surface area (Å²) in [5.41, 5.74) is 1.39. The molecule has 5 rings (SSSR count). The van der Waals surface area contributed by atoms with Gasteiger partial charge in [-0.1, -0.05) is 6.07 Å². The van der Waals surface area contributed by atoms with Crippen molar-refractivity contribution < 1.29 is 28.7 Å². The van der Waals surface area contributed by atoms with Crippen molar-refractivity contribution in [2.45, 2.75) is 69.6 Å². The Balaban J connectivity index is 1.24. The molecule has 4 aliphatic rings. The van der Waals surface area contributed by atoms with Crippen molar-refractivity contribution in [1.82, 2.24) is 15.5 Å². The third kappa shape index (κ3) is 3.80. The number of benzene rings is 1. The van der Waals surface area contributed by atoms with Crippen LogP contribution in [0.2, 0.25) is 0 Å². The van der Waals surface area contributed by atoms with E-state index in [4.69, 9.17) is 4.74 Å². The largest absolute Gasteiger partial charge is 0.446 e. The highest BCUT2D eigenvalue weighted by atomic mass is 16.6. The SMILES string of the molecule is CNC(=O)OC1CCC2(CC1)CC(Nc1cccc3c1C(=O)N(C1CCC(=O)NC1=O)C3=O)C2. The summed E-state index contributed by atoms with van der Waals surface area (Å²) in [6, 6.07) is 4.32. The molecule has 3 fully saturated rings. The van der Waals surface area contributed by atoms with Gasteiger partial charge in [-0.2, -0.15) is 0 Å². The Morgan fingerprint density at radius 2 is 1.82 bits per heavy atom. The predicted molar refractivity (Wildman–Crippen MR) is 120 cm³/mol. The van der Waals surface area contributed by atoms with E-state index in [0.717, 1.165) is 43.4 Å². The number of fused-ring (bicyclic) bond motifs is 1. The van der Waals surface area contributed by atoms with E-state index in [1.165, 1.54) is 0 Å². The van der Waals surface area contributed by atoms with Crippen LogP contribution in [0.4, 0.5) is 10.5 Å². The van der Waals surface area contributed by atoms with Crippen molar-refractivity contribution in [2.75, 3.05) is 12.4 Å². The topological polar surface area (TPSA) is 134 Å². The number of nitrogens with one attached hydrogen (secondary N) is 3. The Bertz CT molecular complexity index is 1070.